The van der Waals surface area contributed by atoms with E-state index < -0.39 is 29.4 Å². The fraction of sp³-hybridized carbons (Fsp3) is 0.600. The summed E-state index contributed by atoms with van der Waals surface area (Å²) < 4.78 is 33.7. The van der Waals surface area contributed by atoms with Crippen LogP contribution in [0, 0.1) is 10.6 Å². The predicted molar refractivity (Wildman–Crippen MR) is 61.0 cm³/mol. The number of aliphatic hydroxyl groups is 1. The molecule has 0 amide bonds. The number of aromatic nitrogens is 2. The van der Waals surface area contributed by atoms with E-state index in [1.54, 1.807) is 0 Å². The van der Waals surface area contributed by atoms with Crippen molar-refractivity contribution in [2.45, 2.75) is 31.3 Å². The van der Waals surface area contributed by atoms with Gasteiger partial charge in [0.2, 0.25) is 5.82 Å². The summed E-state index contributed by atoms with van der Waals surface area (Å²) in [4.78, 5) is 13.1. The second kappa shape index (κ2) is 4.52. The van der Waals surface area contributed by atoms with Gasteiger partial charge in [-0.25, -0.2) is 4.39 Å². The van der Waals surface area contributed by atoms with Crippen molar-refractivity contribution in [2.24, 2.45) is 0 Å². The van der Waals surface area contributed by atoms with Gasteiger partial charge in [-0.3, -0.25) is 14.3 Å². The lowest BCUT2D eigenvalue weighted by molar-refractivity contribution is -0.0605. The molecule has 8 heteroatoms. The molecule has 1 aromatic heterocycles. The standard InChI is InChI=1S/C10H12F2N2O3S/c1-10(12)2-5(4-15)17-8(10)14-3-6(11)7(16)13-9(14)18/h3,5,8,15H,2,4H2,1H3,(H,13,16,18). The summed E-state index contributed by atoms with van der Waals surface area (Å²) in [5.74, 6) is -1.07. The highest BCUT2D eigenvalue weighted by Gasteiger charge is 2.46. The van der Waals surface area contributed by atoms with Crippen LogP contribution in [0.5, 0.6) is 0 Å². The maximum atomic E-state index is 14.3. The summed E-state index contributed by atoms with van der Waals surface area (Å²) in [5.41, 5.74) is -2.77. The zero-order valence-corrected chi connectivity index (χ0v) is 10.3. The van der Waals surface area contributed by atoms with E-state index in [1.807, 2.05) is 0 Å². The van der Waals surface area contributed by atoms with Crippen LogP contribution in [0.25, 0.3) is 0 Å². The zero-order chi connectivity index (χ0) is 13.5. The summed E-state index contributed by atoms with van der Waals surface area (Å²) >= 11 is 4.84. The molecule has 1 aromatic rings. The van der Waals surface area contributed by atoms with Crippen LogP contribution in [-0.2, 0) is 4.74 Å². The highest BCUT2D eigenvalue weighted by molar-refractivity contribution is 7.71. The Kier molecular flexibility index (Phi) is 3.35. The van der Waals surface area contributed by atoms with Gasteiger partial charge in [-0.2, -0.15) is 4.39 Å². The number of alkyl halides is 1. The lowest BCUT2D eigenvalue weighted by Gasteiger charge is -2.23. The number of hydrogen-bond acceptors (Lipinski definition) is 4. The zero-order valence-electron chi connectivity index (χ0n) is 9.52. The Morgan fingerprint density at radius 3 is 3.00 bits per heavy atom. The van der Waals surface area contributed by atoms with Crippen molar-refractivity contribution >= 4 is 12.2 Å². The third-order valence-corrected chi connectivity index (χ3v) is 3.16. The highest BCUT2D eigenvalue weighted by atomic mass is 32.1. The molecule has 2 heterocycles. The van der Waals surface area contributed by atoms with Gasteiger partial charge in [0.15, 0.2) is 16.7 Å². The van der Waals surface area contributed by atoms with Gasteiger partial charge in [0.1, 0.15) is 0 Å². The van der Waals surface area contributed by atoms with E-state index in [9.17, 15) is 13.6 Å². The van der Waals surface area contributed by atoms with E-state index in [0.717, 1.165) is 10.8 Å². The number of aliphatic hydroxyl groups excluding tert-OH is 1. The summed E-state index contributed by atoms with van der Waals surface area (Å²) in [6, 6.07) is 0. The monoisotopic (exact) mass is 278 g/mol. The lowest BCUT2D eigenvalue weighted by atomic mass is 10.0. The van der Waals surface area contributed by atoms with E-state index >= 15 is 0 Å². The number of hydrogen-bond donors (Lipinski definition) is 2. The van der Waals surface area contributed by atoms with Crippen LogP contribution >= 0.6 is 12.2 Å². The van der Waals surface area contributed by atoms with Crippen LogP contribution in [0.4, 0.5) is 8.78 Å². The molecule has 2 rings (SSSR count). The third-order valence-electron chi connectivity index (χ3n) is 2.84. The van der Waals surface area contributed by atoms with Crippen LogP contribution < -0.4 is 5.56 Å². The fourth-order valence-corrected chi connectivity index (χ4v) is 2.26. The normalized spacial score (nSPS) is 31.8. The van der Waals surface area contributed by atoms with Crippen molar-refractivity contribution in [1.82, 2.24) is 9.55 Å². The largest absolute Gasteiger partial charge is 0.394 e. The van der Waals surface area contributed by atoms with Crippen molar-refractivity contribution in [3.05, 3.63) is 27.1 Å². The summed E-state index contributed by atoms with van der Waals surface area (Å²) in [5, 5.41) is 8.97. The van der Waals surface area contributed by atoms with E-state index in [0.29, 0.717) is 0 Å². The SMILES string of the molecule is CC1(F)CC(CO)OC1n1cc(F)c(=O)[nH]c1=S. The number of ether oxygens (including phenoxy) is 1. The quantitative estimate of drug-likeness (QED) is 0.794. The molecule has 0 spiro atoms. The van der Waals surface area contributed by atoms with E-state index in [-0.39, 0.29) is 17.8 Å². The Bertz CT molecular complexity index is 569. The number of H-pyrrole nitrogens is 1. The average Bonchev–Trinajstić information content (AvgIpc) is 2.59. The Balaban J connectivity index is 2.46. The van der Waals surface area contributed by atoms with Gasteiger partial charge >= 0.3 is 0 Å². The molecule has 3 atom stereocenters. The van der Waals surface area contributed by atoms with Gasteiger partial charge in [0, 0.05) is 6.42 Å². The average molecular weight is 278 g/mol. The number of aromatic amines is 1. The van der Waals surface area contributed by atoms with E-state index in [2.05, 4.69) is 4.98 Å². The van der Waals surface area contributed by atoms with E-state index in [4.69, 9.17) is 22.1 Å². The first-order valence-electron chi connectivity index (χ1n) is 5.31. The molecule has 0 aliphatic carbocycles. The first kappa shape index (κ1) is 13.3. The third kappa shape index (κ3) is 2.23. The molecule has 0 radical (unpaired) electrons. The van der Waals surface area contributed by atoms with Gasteiger partial charge in [-0.1, -0.05) is 0 Å². The minimum atomic E-state index is -1.81. The summed E-state index contributed by atoms with van der Waals surface area (Å²) in [7, 11) is 0. The van der Waals surface area contributed by atoms with Gasteiger partial charge in [-0.05, 0) is 19.1 Å². The molecule has 0 saturated carbocycles. The number of rotatable bonds is 2. The molecule has 18 heavy (non-hydrogen) atoms. The van der Waals surface area contributed by atoms with Crippen LogP contribution in [-0.4, -0.2) is 33.0 Å². The van der Waals surface area contributed by atoms with Gasteiger partial charge in [-0.15, -0.1) is 0 Å². The van der Waals surface area contributed by atoms with Crippen LogP contribution in [0.15, 0.2) is 11.0 Å². The Morgan fingerprint density at radius 2 is 2.44 bits per heavy atom. The second-order valence-corrected chi connectivity index (χ2v) is 4.81. The Morgan fingerprint density at radius 1 is 1.78 bits per heavy atom. The minimum Gasteiger partial charge on any atom is -0.394 e. The first-order valence-corrected chi connectivity index (χ1v) is 5.72. The molecule has 1 fully saturated rings. The smallest absolute Gasteiger partial charge is 0.287 e. The molecule has 1 aliphatic heterocycles. The number of nitrogens with zero attached hydrogens (tertiary/aromatic N) is 1. The van der Waals surface area contributed by atoms with Crippen molar-refractivity contribution in [1.29, 1.82) is 0 Å². The fourth-order valence-electron chi connectivity index (χ4n) is 2.02. The van der Waals surface area contributed by atoms with E-state index in [1.165, 1.54) is 6.92 Å². The Hall–Kier alpha value is -1.12. The van der Waals surface area contributed by atoms with Crippen LogP contribution in [0.2, 0.25) is 0 Å². The van der Waals surface area contributed by atoms with Crippen molar-refractivity contribution in [2.75, 3.05) is 6.61 Å². The predicted octanol–water partition coefficient (Wildman–Crippen LogP) is 1.05. The first-order chi connectivity index (χ1) is 8.35. The molecular weight excluding hydrogens is 266 g/mol. The molecule has 0 aromatic carbocycles. The highest BCUT2D eigenvalue weighted by Crippen LogP contribution is 2.40. The minimum absolute atomic E-state index is 0.0311. The molecule has 3 unspecified atom stereocenters. The molecule has 0 bridgehead atoms. The molecule has 1 saturated heterocycles. The van der Waals surface area contributed by atoms with Crippen LogP contribution in [0.3, 0.4) is 0 Å². The van der Waals surface area contributed by atoms with Crippen molar-refractivity contribution in [3.63, 3.8) is 0 Å². The summed E-state index contributed by atoms with van der Waals surface area (Å²) in [6.45, 7) is 0.938. The van der Waals surface area contributed by atoms with Gasteiger partial charge in [0.05, 0.1) is 18.9 Å². The molecule has 5 nitrogen and oxygen atoms in total. The molecule has 100 valence electrons. The molecule has 1 aliphatic rings. The second-order valence-electron chi connectivity index (χ2n) is 4.42. The number of halogens is 2. The molecule has 2 N–H and O–H groups in total. The van der Waals surface area contributed by atoms with Crippen molar-refractivity contribution < 1.29 is 18.6 Å². The molecular formula is C10H12F2N2O3S. The topological polar surface area (TPSA) is 67.2 Å². The maximum absolute atomic E-state index is 14.3. The van der Waals surface area contributed by atoms with Gasteiger partial charge in [0.25, 0.3) is 5.56 Å². The number of nitrogens with one attached hydrogen (secondary N) is 1. The lowest BCUT2D eigenvalue weighted by Crippen LogP contribution is -2.30. The maximum Gasteiger partial charge on any atom is 0.287 e. The van der Waals surface area contributed by atoms with Crippen LogP contribution in [0.1, 0.15) is 19.6 Å². The Labute approximate surface area is 106 Å². The van der Waals surface area contributed by atoms with Crippen molar-refractivity contribution in [3.8, 4) is 0 Å². The van der Waals surface area contributed by atoms with Gasteiger partial charge < -0.3 is 9.84 Å². The summed E-state index contributed by atoms with van der Waals surface area (Å²) in [6.07, 6.45) is -1.07.